The number of fused-ring (bicyclic) bond motifs is 1. The molecule has 6 rings (SSSR count). The lowest BCUT2D eigenvalue weighted by Crippen LogP contribution is -2.51. The van der Waals surface area contributed by atoms with Crippen LogP contribution in [0.4, 0.5) is 5.82 Å². The van der Waals surface area contributed by atoms with E-state index in [4.69, 9.17) is 25.7 Å². The molecule has 3 heterocycles. The molecule has 2 aliphatic rings. The number of para-hydroxylation sites is 1. The fourth-order valence-corrected chi connectivity index (χ4v) is 5.15. The van der Waals surface area contributed by atoms with Gasteiger partial charge in [-0.3, -0.25) is 0 Å². The zero-order valence-corrected chi connectivity index (χ0v) is 19.5. The number of anilines is 1. The van der Waals surface area contributed by atoms with E-state index in [0.717, 1.165) is 59.3 Å². The molecule has 2 fully saturated rings. The highest BCUT2D eigenvalue weighted by Gasteiger charge is 2.41. The molecule has 8 nitrogen and oxygen atoms in total. The molecule has 4 aromatic rings. The van der Waals surface area contributed by atoms with Gasteiger partial charge in [0.05, 0.1) is 24.6 Å². The third-order valence-corrected chi connectivity index (χ3v) is 7.01. The van der Waals surface area contributed by atoms with Crippen molar-refractivity contribution in [3.05, 3.63) is 67.1 Å². The molecule has 0 unspecified atom stereocenters. The van der Waals surface area contributed by atoms with Gasteiger partial charge in [0.25, 0.3) is 0 Å². The molecule has 8 heteroatoms. The second-order valence-corrected chi connectivity index (χ2v) is 9.37. The zero-order chi connectivity index (χ0) is 23.8. The Kier molecular flexibility index (Phi) is 5.64. The normalized spacial score (nSPS) is 24.6. The van der Waals surface area contributed by atoms with E-state index in [1.165, 1.54) is 6.33 Å². The lowest BCUT2D eigenvalue weighted by atomic mass is 9.89. The maximum Gasteiger partial charge on any atom is 0.168 e. The fraction of sp³-hybridized carbons (Fsp3) is 0.333. The molecule has 1 saturated carbocycles. The lowest BCUT2D eigenvalue weighted by molar-refractivity contribution is -0.286. The first-order valence-corrected chi connectivity index (χ1v) is 12.1. The summed E-state index contributed by atoms with van der Waals surface area (Å²) in [6, 6.07) is 18.0. The van der Waals surface area contributed by atoms with Gasteiger partial charge in [-0.15, -0.1) is 0 Å². The van der Waals surface area contributed by atoms with Crippen LogP contribution < -0.4 is 16.2 Å². The molecule has 1 spiro atoms. The average molecular weight is 472 g/mol. The van der Waals surface area contributed by atoms with E-state index in [2.05, 4.69) is 20.7 Å². The van der Waals surface area contributed by atoms with Crippen molar-refractivity contribution in [1.29, 1.82) is 0 Å². The molecule has 0 radical (unpaired) electrons. The zero-order valence-electron chi connectivity index (χ0n) is 19.5. The molecule has 1 aliphatic carbocycles. The predicted octanol–water partition coefficient (Wildman–Crippen LogP) is 4.66. The lowest BCUT2D eigenvalue weighted by Gasteiger charge is -2.43. The van der Waals surface area contributed by atoms with Gasteiger partial charge in [0, 0.05) is 30.6 Å². The maximum atomic E-state index is 6.35. The van der Waals surface area contributed by atoms with Crippen LogP contribution >= 0.6 is 0 Å². The average Bonchev–Trinajstić information content (AvgIpc) is 3.29. The molecule has 1 aliphatic heterocycles. The van der Waals surface area contributed by atoms with Gasteiger partial charge in [-0.25, -0.2) is 9.97 Å². The van der Waals surface area contributed by atoms with Crippen LogP contribution in [0.3, 0.4) is 0 Å². The molecule has 2 aromatic heterocycles. The van der Waals surface area contributed by atoms with E-state index in [-0.39, 0.29) is 12.1 Å². The van der Waals surface area contributed by atoms with Gasteiger partial charge in [-0.05, 0) is 42.7 Å². The van der Waals surface area contributed by atoms with Crippen molar-refractivity contribution in [3.8, 4) is 22.6 Å². The summed E-state index contributed by atoms with van der Waals surface area (Å²) in [5.41, 5.74) is 15.2. The van der Waals surface area contributed by atoms with Gasteiger partial charge in [0.15, 0.2) is 5.79 Å². The SMILES string of the molecule is Nc1ncnc2c1c(-c1ccc(Oc3ccccc3)cc1)cn2C1CCC2(CC1)OCC(N)CO2. The van der Waals surface area contributed by atoms with Gasteiger partial charge < -0.3 is 30.2 Å². The number of hydrogen-bond acceptors (Lipinski definition) is 7. The number of nitrogens with zero attached hydrogens (tertiary/aromatic N) is 3. The molecule has 0 atom stereocenters. The minimum atomic E-state index is -0.499. The molecule has 180 valence electrons. The standard InChI is InChI=1S/C27H29N5O3/c28-19-15-33-27(34-16-19)12-10-20(11-13-27)32-14-23(24-25(29)30-17-31-26(24)32)18-6-8-22(9-7-18)35-21-4-2-1-3-5-21/h1-9,14,17,19-20H,10-13,15-16,28H2,(H2,29,30,31). The van der Waals surface area contributed by atoms with Crippen molar-refractivity contribution >= 4 is 16.9 Å². The summed E-state index contributed by atoms with van der Waals surface area (Å²) in [5.74, 6) is 1.56. The van der Waals surface area contributed by atoms with Crippen LogP contribution in [0.1, 0.15) is 31.7 Å². The van der Waals surface area contributed by atoms with Crippen LogP contribution in [0, 0.1) is 0 Å². The summed E-state index contributed by atoms with van der Waals surface area (Å²) in [6.07, 6.45) is 7.19. The number of rotatable bonds is 4. The number of benzene rings is 2. The molecule has 0 bridgehead atoms. The number of nitrogen functional groups attached to an aromatic ring is 1. The Bertz CT molecular complexity index is 1300. The Hall–Kier alpha value is -3.46. The van der Waals surface area contributed by atoms with Crippen molar-refractivity contribution in [2.75, 3.05) is 18.9 Å². The summed E-state index contributed by atoms with van der Waals surface area (Å²) in [7, 11) is 0. The van der Waals surface area contributed by atoms with E-state index in [9.17, 15) is 0 Å². The first-order chi connectivity index (χ1) is 17.1. The van der Waals surface area contributed by atoms with E-state index in [1.807, 2.05) is 54.6 Å². The fourth-order valence-electron chi connectivity index (χ4n) is 5.15. The number of aromatic nitrogens is 3. The predicted molar refractivity (Wildman–Crippen MR) is 134 cm³/mol. The Morgan fingerprint density at radius 2 is 1.60 bits per heavy atom. The Morgan fingerprint density at radius 3 is 2.31 bits per heavy atom. The smallest absolute Gasteiger partial charge is 0.168 e. The van der Waals surface area contributed by atoms with Crippen LogP contribution in [0.25, 0.3) is 22.2 Å². The summed E-state index contributed by atoms with van der Waals surface area (Å²) >= 11 is 0. The summed E-state index contributed by atoms with van der Waals surface area (Å²) < 4.78 is 20.3. The minimum absolute atomic E-state index is 0.0431. The maximum absolute atomic E-state index is 6.35. The summed E-state index contributed by atoms with van der Waals surface area (Å²) in [5, 5.41) is 0.876. The number of nitrogens with two attached hydrogens (primary N) is 2. The molecular formula is C27H29N5O3. The van der Waals surface area contributed by atoms with E-state index >= 15 is 0 Å². The first-order valence-electron chi connectivity index (χ1n) is 12.1. The van der Waals surface area contributed by atoms with Crippen LogP contribution in [-0.4, -0.2) is 39.6 Å². The van der Waals surface area contributed by atoms with Crippen molar-refractivity contribution in [3.63, 3.8) is 0 Å². The minimum Gasteiger partial charge on any atom is -0.457 e. The van der Waals surface area contributed by atoms with E-state index in [1.54, 1.807) is 0 Å². The van der Waals surface area contributed by atoms with Crippen molar-refractivity contribution in [1.82, 2.24) is 14.5 Å². The highest BCUT2D eigenvalue weighted by atomic mass is 16.7. The second-order valence-electron chi connectivity index (χ2n) is 9.37. The van der Waals surface area contributed by atoms with E-state index < -0.39 is 5.79 Å². The molecule has 4 N–H and O–H groups in total. The van der Waals surface area contributed by atoms with Crippen molar-refractivity contribution in [2.24, 2.45) is 5.73 Å². The Morgan fingerprint density at radius 1 is 0.914 bits per heavy atom. The second kappa shape index (κ2) is 8.96. The van der Waals surface area contributed by atoms with Crippen molar-refractivity contribution < 1.29 is 14.2 Å². The molecule has 2 aromatic carbocycles. The third kappa shape index (κ3) is 4.25. The highest BCUT2D eigenvalue weighted by Crippen LogP contribution is 2.43. The molecule has 35 heavy (non-hydrogen) atoms. The quantitative estimate of drug-likeness (QED) is 0.445. The van der Waals surface area contributed by atoms with Crippen LogP contribution in [0.2, 0.25) is 0 Å². The number of ether oxygens (including phenoxy) is 3. The summed E-state index contributed by atoms with van der Waals surface area (Å²) in [6.45, 7) is 1.10. The van der Waals surface area contributed by atoms with Gasteiger partial charge in [-0.2, -0.15) is 0 Å². The van der Waals surface area contributed by atoms with Crippen molar-refractivity contribution in [2.45, 2.75) is 43.6 Å². The van der Waals surface area contributed by atoms with Gasteiger partial charge in [-0.1, -0.05) is 30.3 Å². The van der Waals surface area contributed by atoms with Gasteiger partial charge in [0.2, 0.25) is 0 Å². The topological polar surface area (TPSA) is 110 Å². The van der Waals surface area contributed by atoms with Crippen LogP contribution in [0.15, 0.2) is 67.1 Å². The van der Waals surface area contributed by atoms with E-state index in [0.29, 0.717) is 19.0 Å². The van der Waals surface area contributed by atoms with Gasteiger partial charge in [0.1, 0.15) is 29.3 Å². The number of hydrogen-bond donors (Lipinski definition) is 2. The molecule has 0 amide bonds. The first kappa shape index (κ1) is 22.0. The van der Waals surface area contributed by atoms with Crippen LogP contribution in [-0.2, 0) is 9.47 Å². The Balaban J connectivity index is 1.28. The largest absolute Gasteiger partial charge is 0.457 e. The van der Waals surface area contributed by atoms with Crippen LogP contribution in [0.5, 0.6) is 11.5 Å². The highest BCUT2D eigenvalue weighted by molar-refractivity contribution is 6.00. The third-order valence-electron chi connectivity index (χ3n) is 7.01. The van der Waals surface area contributed by atoms with Gasteiger partial charge >= 0.3 is 0 Å². The summed E-state index contributed by atoms with van der Waals surface area (Å²) in [4.78, 5) is 8.90. The Labute approximate surface area is 203 Å². The monoisotopic (exact) mass is 471 g/mol. The molecule has 1 saturated heterocycles. The molecular weight excluding hydrogens is 442 g/mol.